The molecule has 0 fully saturated rings. The number of hydrogen-bond acceptors (Lipinski definition) is 5. The van der Waals surface area contributed by atoms with Crippen molar-refractivity contribution >= 4 is 46.1 Å². The third-order valence-corrected chi connectivity index (χ3v) is 5.34. The van der Waals surface area contributed by atoms with E-state index in [1.54, 1.807) is 37.3 Å². The third kappa shape index (κ3) is 4.43. The molecule has 1 heterocycles. The van der Waals surface area contributed by atoms with Crippen molar-refractivity contribution in [1.82, 2.24) is 15.0 Å². The molecular formula is C19H19ClN4O2S. The summed E-state index contributed by atoms with van der Waals surface area (Å²) in [6.45, 7) is 4.09. The molecule has 140 valence electrons. The van der Waals surface area contributed by atoms with Crippen molar-refractivity contribution in [2.75, 3.05) is 5.43 Å². The molecule has 0 aliphatic carbocycles. The Morgan fingerprint density at radius 3 is 2.63 bits per heavy atom. The Morgan fingerprint density at radius 2 is 1.93 bits per heavy atom. The van der Waals surface area contributed by atoms with Crippen LogP contribution in [0.5, 0.6) is 0 Å². The summed E-state index contributed by atoms with van der Waals surface area (Å²) in [6, 6.07) is 14.4. The Bertz CT molecular complexity index is 1020. The zero-order valence-corrected chi connectivity index (χ0v) is 16.5. The maximum Gasteiger partial charge on any atom is 0.262 e. The smallest absolute Gasteiger partial charge is 0.262 e. The number of aromatic nitrogens is 2. The second kappa shape index (κ2) is 8.45. The Balaban J connectivity index is 1.72. The summed E-state index contributed by atoms with van der Waals surface area (Å²) < 4.78 is 1.49. The van der Waals surface area contributed by atoms with Crippen molar-refractivity contribution in [3.63, 3.8) is 0 Å². The number of carbonyl (C=O) groups excluding carboxylic acids is 1. The Labute approximate surface area is 165 Å². The topological polar surface area (TPSA) is 76.0 Å². The Hall–Kier alpha value is -2.51. The molecule has 0 bridgehead atoms. The van der Waals surface area contributed by atoms with Gasteiger partial charge in [-0.3, -0.25) is 25.0 Å². The second-order valence-corrected chi connectivity index (χ2v) is 7.68. The average molecular weight is 403 g/mol. The van der Waals surface area contributed by atoms with E-state index in [1.807, 2.05) is 25.1 Å². The van der Waals surface area contributed by atoms with Crippen LogP contribution in [0, 0.1) is 0 Å². The molecule has 0 saturated carbocycles. The number of hydrogen-bond donors (Lipinski definition) is 2. The molecule has 2 N–H and O–H groups in total. The molecule has 2 aromatic carbocycles. The van der Waals surface area contributed by atoms with Gasteiger partial charge in [-0.15, -0.1) is 11.8 Å². The van der Waals surface area contributed by atoms with Crippen LogP contribution in [-0.2, 0) is 11.3 Å². The highest BCUT2D eigenvalue weighted by molar-refractivity contribution is 8.00. The van der Waals surface area contributed by atoms with Crippen LogP contribution in [0.25, 0.3) is 10.9 Å². The van der Waals surface area contributed by atoms with Gasteiger partial charge in [0, 0.05) is 16.5 Å². The minimum absolute atomic E-state index is 0.150. The van der Waals surface area contributed by atoms with E-state index in [9.17, 15) is 9.59 Å². The molecule has 1 amide bonds. The number of anilines is 1. The van der Waals surface area contributed by atoms with Gasteiger partial charge < -0.3 is 0 Å². The third-order valence-electron chi connectivity index (χ3n) is 3.97. The molecule has 3 aromatic rings. The van der Waals surface area contributed by atoms with Crippen LogP contribution >= 0.6 is 23.4 Å². The number of benzene rings is 2. The van der Waals surface area contributed by atoms with E-state index in [0.29, 0.717) is 28.4 Å². The lowest BCUT2D eigenvalue weighted by molar-refractivity contribution is -0.119. The van der Waals surface area contributed by atoms with Gasteiger partial charge in [-0.25, -0.2) is 4.98 Å². The summed E-state index contributed by atoms with van der Waals surface area (Å²) in [4.78, 5) is 30.4. The van der Waals surface area contributed by atoms with E-state index in [1.165, 1.54) is 16.3 Å². The van der Waals surface area contributed by atoms with Gasteiger partial charge in [0.1, 0.15) is 0 Å². The molecule has 0 aliphatic rings. The SMILES string of the molecule is CCn1c(NNC(=O)[C@@H](C)Sc2ccc(Cl)cc2)nc2ccccc2c1=O. The Morgan fingerprint density at radius 1 is 1.22 bits per heavy atom. The largest absolute Gasteiger partial charge is 0.277 e. The number of nitrogens with zero attached hydrogens (tertiary/aromatic N) is 2. The highest BCUT2D eigenvalue weighted by Gasteiger charge is 2.16. The lowest BCUT2D eigenvalue weighted by Crippen LogP contribution is -2.38. The van der Waals surface area contributed by atoms with Gasteiger partial charge in [0.25, 0.3) is 11.5 Å². The number of para-hydroxylation sites is 1. The quantitative estimate of drug-likeness (QED) is 0.485. The predicted molar refractivity (Wildman–Crippen MR) is 110 cm³/mol. The highest BCUT2D eigenvalue weighted by atomic mass is 35.5. The summed E-state index contributed by atoms with van der Waals surface area (Å²) in [7, 11) is 0. The summed E-state index contributed by atoms with van der Waals surface area (Å²) >= 11 is 7.29. The zero-order valence-electron chi connectivity index (χ0n) is 14.9. The molecule has 3 rings (SSSR count). The standard InChI is InChI=1S/C19H19ClN4O2S/c1-3-24-18(26)15-6-4-5-7-16(15)21-19(24)23-22-17(25)12(2)27-14-10-8-13(20)9-11-14/h4-12H,3H2,1-2H3,(H,21,23)(H,22,25)/t12-/m1/s1. The molecule has 27 heavy (non-hydrogen) atoms. The maximum atomic E-state index is 12.6. The Kier molecular flexibility index (Phi) is 6.03. The summed E-state index contributed by atoms with van der Waals surface area (Å²) in [5, 5.41) is 0.849. The first kappa shape index (κ1) is 19.3. The van der Waals surface area contributed by atoms with Crippen LogP contribution < -0.4 is 16.4 Å². The van der Waals surface area contributed by atoms with Gasteiger partial charge in [-0.2, -0.15) is 0 Å². The number of carbonyl (C=O) groups is 1. The second-order valence-electron chi connectivity index (χ2n) is 5.83. The molecule has 0 spiro atoms. The first-order valence-corrected chi connectivity index (χ1v) is 9.73. The summed E-state index contributed by atoms with van der Waals surface area (Å²) in [5.41, 5.74) is 5.86. The van der Waals surface area contributed by atoms with Gasteiger partial charge in [0.15, 0.2) is 0 Å². The molecule has 0 unspecified atom stereocenters. The lowest BCUT2D eigenvalue weighted by Gasteiger charge is -2.16. The number of halogens is 1. The predicted octanol–water partition coefficient (Wildman–Crippen LogP) is 3.69. The minimum atomic E-state index is -0.346. The van der Waals surface area contributed by atoms with Gasteiger partial charge >= 0.3 is 0 Å². The summed E-state index contributed by atoms with van der Waals surface area (Å²) in [5.74, 6) is 0.0817. The lowest BCUT2D eigenvalue weighted by atomic mass is 10.2. The molecule has 8 heteroatoms. The van der Waals surface area contributed by atoms with Crippen LogP contribution in [0.15, 0.2) is 58.2 Å². The molecule has 1 atom stereocenters. The van der Waals surface area contributed by atoms with Crippen LogP contribution in [0.3, 0.4) is 0 Å². The van der Waals surface area contributed by atoms with Crippen molar-refractivity contribution in [3.8, 4) is 0 Å². The van der Waals surface area contributed by atoms with E-state index >= 15 is 0 Å². The van der Waals surface area contributed by atoms with Crippen LogP contribution in [0.2, 0.25) is 5.02 Å². The monoisotopic (exact) mass is 402 g/mol. The maximum absolute atomic E-state index is 12.6. The number of fused-ring (bicyclic) bond motifs is 1. The van der Waals surface area contributed by atoms with E-state index in [2.05, 4.69) is 15.8 Å². The van der Waals surface area contributed by atoms with Gasteiger partial charge in [0.2, 0.25) is 5.95 Å². The summed E-state index contributed by atoms with van der Waals surface area (Å²) in [6.07, 6.45) is 0. The first-order chi connectivity index (χ1) is 13.0. The van der Waals surface area contributed by atoms with E-state index < -0.39 is 0 Å². The average Bonchev–Trinajstić information content (AvgIpc) is 2.68. The highest BCUT2D eigenvalue weighted by Crippen LogP contribution is 2.24. The fraction of sp³-hybridized carbons (Fsp3) is 0.211. The van der Waals surface area contributed by atoms with Crippen molar-refractivity contribution in [2.45, 2.75) is 30.5 Å². The van der Waals surface area contributed by atoms with Gasteiger partial charge in [0.05, 0.1) is 16.2 Å². The molecule has 0 aliphatic heterocycles. The zero-order chi connectivity index (χ0) is 19.4. The molecular weight excluding hydrogens is 384 g/mol. The van der Waals surface area contributed by atoms with Gasteiger partial charge in [-0.05, 0) is 50.2 Å². The fourth-order valence-corrected chi connectivity index (χ4v) is 3.54. The molecule has 6 nitrogen and oxygen atoms in total. The molecule has 0 saturated heterocycles. The molecule has 1 aromatic heterocycles. The number of nitrogens with one attached hydrogen (secondary N) is 2. The minimum Gasteiger partial charge on any atom is -0.277 e. The van der Waals surface area contributed by atoms with E-state index in [0.717, 1.165) is 4.90 Å². The molecule has 0 radical (unpaired) electrons. The van der Waals surface area contributed by atoms with Crippen LogP contribution in [-0.4, -0.2) is 20.7 Å². The van der Waals surface area contributed by atoms with Crippen LogP contribution in [0.1, 0.15) is 13.8 Å². The number of hydrazine groups is 1. The van der Waals surface area contributed by atoms with Crippen molar-refractivity contribution in [1.29, 1.82) is 0 Å². The normalized spacial score (nSPS) is 12.0. The van der Waals surface area contributed by atoms with E-state index in [4.69, 9.17) is 11.6 Å². The first-order valence-electron chi connectivity index (χ1n) is 8.47. The van der Waals surface area contributed by atoms with Gasteiger partial charge in [-0.1, -0.05) is 23.7 Å². The van der Waals surface area contributed by atoms with Crippen LogP contribution in [0.4, 0.5) is 5.95 Å². The van der Waals surface area contributed by atoms with Crippen molar-refractivity contribution < 1.29 is 4.79 Å². The number of rotatable bonds is 6. The number of thioether (sulfide) groups is 1. The fourth-order valence-electron chi connectivity index (χ4n) is 2.55. The number of amides is 1. The van der Waals surface area contributed by atoms with E-state index in [-0.39, 0.29) is 16.7 Å². The van der Waals surface area contributed by atoms with Crippen molar-refractivity contribution in [2.24, 2.45) is 0 Å². The van der Waals surface area contributed by atoms with Crippen molar-refractivity contribution in [3.05, 3.63) is 63.9 Å².